The predicted molar refractivity (Wildman–Crippen MR) is 90.3 cm³/mol. The average Bonchev–Trinajstić information content (AvgIpc) is 2.66. The Bertz CT molecular complexity index is 607. The fourth-order valence-electron chi connectivity index (χ4n) is 2.80. The monoisotopic (exact) mass is 365 g/mol. The Kier molecular flexibility index (Phi) is 6.53. The number of nitrogens with one attached hydrogen (secondary N) is 1. The Hall–Kier alpha value is -0.330. The smallest absolute Gasteiger partial charge is 0.208 e. The molecule has 0 spiro atoms. The van der Waals surface area contributed by atoms with Gasteiger partial charge in [0.2, 0.25) is 10.0 Å². The molecule has 124 valence electrons. The summed E-state index contributed by atoms with van der Waals surface area (Å²) in [5, 5.41) is 1.08. The standard InChI is InChI=1S/C15H21Cl2NO3S/c1-22(19,20)18-8-7-15-12(4-2-3-9-21-15)11-5-6-13(16)14(17)10-11/h5-6,10,12,15,18H,2-4,7-9H2,1H3/t12?,15-/m0/s1. The largest absolute Gasteiger partial charge is 0.378 e. The van der Waals surface area contributed by atoms with Crippen molar-refractivity contribution >= 4 is 33.2 Å². The number of benzene rings is 1. The molecule has 2 atom stereocenters. The second-order valence-electron chi connectivity index (χ2n) is 5.64. The number of ether oxygens (including phenoxy) is 1. The first-order valence-electron chi connectivity index (χ1n) is 7.38. The van der Waals surface area contributed by atoms with Crippen LogP contribution in [0, 0.1) is 0 Å². The van der Waals surface area contributed by atoms with Crippen LogP contribution < -0.4 is 4.72 Å². The topological polar surface area (TPSA) is 55.4 Å². The molecule has 0 aliphatic carbocycles. The molecule has 0 bridgehead atoms. The lowest BCUT2D eigenvalue weighted by Crippen LogP contribution is -2.29. The summed E-state index contributed by atoms with van der Waals surface area (Å²) in [7, 11) is -3.17. The lowest BCUT2D eigenvalue weighted by molar-refractivity contribution is 0.0413. The molecule has 0 amide bonds. The molecule has 1 saturated heterocycles. The van der Waals surface area contributed by atoms with Crippen molar-refractivity contribution in [3.05, 3.63) is 33.8 Å². The number of hydrogen-bond acceptors (Lipinski definition) is 3. The van der Waals surface area contributed by atoms with Crippen LogP contribution in [0.3, 0.4) is 0 Å². The zero-order valence-electron chi connectivity index (χ0n) is 12.5. The highest BCUT2D eigenvalue weighted by atomic mass is 35.5. The second-order valence-corrected chi connectivity index (χ2v) is 8.29. The van der Waals surface area contributed by atoms with Gasteiger partial charge in [-0.15, -0.1) is 0 Å². The van der Waals surface area contributed by atoms with Gasteiger partial charge in [-0.25, -0.2) is 13.1 Å². The summed E-state index contributed by atoms with van der Waals surface area (Å²) in [4.78, 5) is 0. The molecule has 1 aliphatic heterocycles. The molecule has 1 aromatic carbocycles. The van der Waals surface area contributed by atoms with Crippen molar-refractivity contribution in [3.63, 3.8) is 0 Å². The van der Waals surface area contributed by atoms with Gasteiger partial charge in [-0.3, -0.25) is 0 Å². The summed E-state index contributed by atoms with van der Waals surface area (Å²) >= 11 is 12.1. The van der Waals surface area contributed by atoms with Gasteiger partial charge in [0, 0.05) is 19.1 Å². The van der Waals surface area contributed by atoms with Crippen molar-refractivity contribution in [1.82, 2.24) is 4.72 Å². The molecule has 1 heterocycles. The van der Waals surface area contributed by atoms with Gasteiger partial charge < -0.3 is 4.74 Å². The highest BCUT2D eigenvalue weighted by Gasteiger charge is 2.26. The van der Waals surface area contributed by atoms with E-state index in [1.165, 1.54) is 0 Å². The van der Waals surface area contributed by atoms with Gasteiger partial charge in [-0.2, -0.15) is 0 Å². The van der Waals surface area contributed by atoms with Crippen LogP contribution in [0.5, 0.6) is 0 Å². The number of sulfonamides is 1. The highest BCUT2D eigenvalue weighted by molar-refractivity contribution is 7.88. The maximum absolute atomic E-state index is 11.2. The van der Waals surface area contributed by atoms with E-state index in [4.69, 9.17) is 27.9 Å². The van der Waals surface area contributed by atoms with Crippen molar-refractivity contribution in [2.45, 2.75) is 37.7 Å². The molecule has 1 fully saturated rings. The lowest BCUT2D eigenvalue weighted by atomic mass is 9.88. The summed E-state index contributed by atoms with van der Waals surface area (Å²) in [5.74, 6) is 0.207. The van der Waals surface area contributed by atoms with Gasteiger partial charge in [0.05, 0.1) is 22.4 Å². The Morgan fingerprint density at radius 3 is 2.73 bits per heavy atom. The molecule has 0 aromatic heterocycles. The van der Waals surface area contributed by atoms with Crippen LogP contribution in [-0.4, -0.2) is 33.9 Å². The molecule has 4 nitrogen and oxygen atoms in total. The van der Waals surface area contributed by atoms with Gasteiger partial charge in [-0.05, 0) is 37.0 Å². The van der Waals surface area contributed by atoms with Gasteiger partial charge in [-0.1, -0.05) is 35.7 Å². The summed E-state index contributed by atoms with van der Waals surface area (Å²) in [6, 6.07) is 5.67. The van der Waals surface area contributed by atoms with Crippen LogP contribution in [0.1, 0.15) is 37.2 Å². The minimum Gasteiger partial charge on any atom is -0.378 e. The van der Waals surface area contributed by atoms with Crippen molar-refractivity contribution in [1.29, 1.82) is 0 Å². The molecule has 1 aromatic rings. The zero-order chi connectivity index (χ0) is 16.2. The van der Waals surface area contributed by atoms with Crippen molar-refractivity contribution < 1.29 is 13.2 Å². The molecule has 22 heavy (non-hydrogen) atoms. The zero-order valence-corrected chi connectivity index (χ0v) is 14.8. The van der Waals surface area contributed by atoms with Crippen molar-refractivity contribution in [3.8, 4) is 0 Å². The van der Waals surface area contributed by atoms with E-state index in [0.717, 1.165) is 31.1 Å². The number of hydrogen-bond donors (Lipinski definition) is 1. The van der Waals surface area contributed by atoms with E-state index in [1.54, 1.807) is 6.07 Å². The van der Waals surface area contributed by atoms with Crippen LogP contribution in [-0.2, 0) is 14.8 Å². The molecule has 1 aliphatic rings. The third-order valence-corrected chi connectivity index (χ3v) is 5.32. The minimum atomic E-state index is -3.17. The van der Waals surface area contributed by atoms with Crippen LogP contribution in [0.25, 0.3) is 0 Å². The molecule has 1 unspecified atom stereocenters. The summed E-state index contributed by atoms with van der Waals surface area (Å²) in [6.07, 6.45) is 4.89. The van der Waals surface area contributed by atoms with Crippen LogP contribution in [0.4, 0.5) is 0 Å². The third kappa shape index (κ3) is 5.39. The van der Waals surface area contributed by atoms with Crippen molar-refractivity contribution in [2.75, 3.05) is 19.4 Å². The summed E-state index contributed by atoms with van der Waals surface area (Å²) < 4.78 is 30.9. The van der Waals surface area contributed by atoms with E-state index in [1.807, 2.05) is 12.1 Å². The van der Waals surface area contributed by atoms with Gasteiger partial charge in [0.15, 0.2) is 0 Å². The van der Waals surface area contributed by atoms with E-state index in [-0.39, 0.29) is 12.0 Å². The summed E-state index contributed by atoms with van der Waals surface area (Å²) in [5.41, 5.74) is 1.10. The third-order valence-electron chi connectivity index (χ3n) is 3.86. The molecular weight excluding hydrogens is 345 g/mol. The maximum Gasteiger partial charge on any atom is 0.208 e. The SMILES string of the molecule is CS(=O)(=O)NCC[C@@H]1OCCCCC1c1ccc(Cl)c(Cl)c1. The van der Waals surface area contributed by atoms with Gasteiger partial charge >= 0.3 is 0 Å². The molecule has 0 radical (unpaired) electrons. The normalized spacial score (nSPS) is 23.2. The molecule has 0 saturated carbocycles. The van der Waals surface area contributed by atoms with E-state index in [9.17, 15) is 8.42 Å². The van der Waals surface area contributed by atoms with Crippen LogP contribution in [0.15, 0.2) is 18.2 Å². The molecular formula is C15H21Cl2NO3S. The van der Waals surface area contributed by atoms with Gasteiger partial charge in [0.25, 0.3) is 0 Å². The Balaban J connectivity index is 2.11. The Labute approximate surface area is 142 Å². The highest BCUT2D eigenvalue weighted by Crippen LogP contribution is 2.35. The van der Waals surface area contributed by atoms with Crippen LogP contribution >= 0.6 is 23.2 Å². The van der Waals surface area contributed by atoms with E-state index >= 15 is 0 Å². The Morgan fingerprint density at radius 2 is 2.05 bits per heavy atom. The fourth-order valence-corrected chi connectivity index (χ4v) is 3.59. The molecule has 7 heteroatoms. The first kappa shape index (κ1) is 18.0. The fraction of sp³-hybridized carbons (Fsp3) is 0.600. The van der Waals surface area contributed by atoms with Crippen LogP contribution in [0.2, 0.25) is 10.0 Å². The number of halogens is 2. The minimum absolute atomic E-state index is 0.0195. The summed E-state index contributed by atoms with van der Waals surface area (Å²) in [6.45, 7) is 1.09. The lowest BCUT2D eigenvalue weighted by Gasteiger charge is -2.25. The second kappa shape index (κ2) is 7.97. The first-order valence-corrected chi connectivity index (χ1v) is 10.0. The Morgan fingerprint density at radius 1 is 1.27 bits per heavy atom. The maximum atomic E-state index is 11.2. The number of rotatable bonds is 5. The molecule has 2 rings (SSSR count). The van der Waals surface area contributed by atoms with E-state index in [0.29, 0.717) is 29.6 Å². The van der Waals surface area contributed by atoms with E-state index < -0.39 is 10.0 Å². The van der Waals surface area contributed by atoms with E-state index in [2.05, 4.69) is 4.72 Å². The first-order chi connectivity index (χ1) is 10.4. The average molecular weight is 366 g/mol. The van der Waals surface area contributed by atoms with Crippen molar-refractivity contribution in [2.24, 2.45) is 0 Å². The quantitative estimate of drug-likeness (QED) is 0.867. The van der Waals surface area contributed by atoms with Gasteiger partial charge in [0.1, 0.15) is 0 Å². The predicted octanol–water partition coefficient (Wildman–Crippen LogP) is 3.59. The molecule has 1 N–H and O–H groups in total.